The van der Waals surface area contributed by atoms with Crippen LogP contribution in [0.3, 0.4) is 0 Å². The molecule has 0 aromatic heterocycles. The van der Waals surface area contributed by atoms with E-state index in [4.69, 9.17) is 19.2 Å². The molecule has 0 amide bonds. The number of rotatable bonds is 7. The van der Waals surface area contributed by atoms with Gasteiger partial charge in [-0.2, -0.15) is 0 Å². The number of hydrogen-bond acceptors (Lipinski definition) is 4. The van der Waals surface area contributed by atoms with E-state index in [1.165, 1.54) is 16.7 Å². The fourth-order valence-corrected chi connectivity index (χ4v) is 3.62. The van der Waals surface area contributed by atoms with Crippen LogP contribution in [0.5, 0.6) is 17.2 Å². The van der Waals surface area contributed by atoms with Gasteiger partial charge in [-0.15, -0.1) is 0 Å². The zero-order valence-corrected chi connectivity index (χ0v) is 16.9. The van der Waals surface area contributed by atoms with Crippen molar-refractivity contribution in [2.75, 3.05) is 20.8 Å². The van der Waals surface area contributed by atoms with Crippen LogP contribution in [0, 0.1) is 0 Å². The molecular weight excluding hydrogens is 362 g/mol. The van der Waals surface area contributed by atoms with E-state index in [1.54, 1.807) is 14.2 Å². The van der Waals surface area contributed by atoms with E-state index in [1.807, 2.05) is 36.4 Å². The molecule has 1 aliphatic heterocycles. The number of nitrogens with zero attached hydrogens (tertiary/aromatic N) is 1. The van der Waals surface area contributed by atoms with E-state index >= 15 is 0 Å². The van der Waals surface area contributed by atoms with Gasteiger partial charge in [0.1, 0.15) is 12.4 Å². The van der Waals surface area contributed by atoms with E-state index in [0.717, 1.165) is 47.9 Å². The zero-order valence-electron chi connectivity index (χ0n) is 16.9. The lowest BCUT2D eigenvalue weighted by Gasteiger charge is -2.19. The maximum absolute atomic E-state index is 6.00. The van der Waals surface area contributed by atoms with Crippen molar-refractivity contribution in [3.8, 4) is 17.2 Å². The highest BCUT2D eigenvalue weighted by Gasteiger charge is 2.16. The maximum atomic E-state index is 6.00. The molecule has 3 aromatic rings. The van der Waals surface area contributed by atoms with Crippen molar-refractivity contribution in [3.63, 3.8) is 0 Å². The van der Waals surface area contributed by atoms with E-state index in [-0.39, 0.29) is 0 Å². The van der Waals surface area contributed by atoms with Gasteiger partial charge < -0.3 is 14.2 Å². The van der Waals surface area contributed by atoms with E-state index in [9.17, 15) is 0 Å². The van der Waals surface area contributed by atoms with Gasteiger partial charge in [-0.25, -0.2) is 0 Å². The molecule has 3 aromatic carbocycles. The average molecular weight is 387 g/mol. The molecule has 4 rings (SSSR count). The normalized spacial score (nSPS) is 12.7. The van der Waals surface area contributed by atoms with Gasteiger partial charge in [-0.05, 0) is 59.0 Å². The van der Waals surface area contributed by atoms with Crippen LogP contribution < -0.4 is 14.2 Å². The monoisotopic (exact) mass is 387 g/mol. The van der Waals surface area contributed by atoms with Gasteiger partial charge in [0.25, 0.3) is 0 Å². The van der Waals surface area contributed by atoms with Crippen LogP contribution in [0.2, 0.25) is 0 Å². The second kappa shape index (κ2) is 8.82. The predicted molar refractivity (Wildman–Crippen MR) is 116 cm³/mol. The molecule has 4 heteroatoms. The van der Waals surface area contributed by atoms with Gasteiger partial charge in [0.15, 0.2) is 11.5 Å². The lowest BCUT2D eigenvalue weighted by molar-refractivity contribution is 0.306. The minimum atomic E-state index is 0.576. The van der Waals surface area contributed by atoms with E-state index in [2.05, 4.69) is 30.3 Å². The fourth-order valence-electron chi connectivity index (χ4n) is 3.62. The molecule has 0 bridgehead atoms. The zero-order chi connectivity index (χ0) is 20.1. The molecule has 0 spiro atoms. The van der Waals surface area contributed by atoms with Crippen LogP contribution in [0.15, 0.2) is 71.7 Å². The average Bonchev–Trinajstić information content (AvgIpc) is 2.78. The molecule has 1 aliphatic rings. The summed E-state index contributed by atoms with van der Waals surface area (Å²) in [5.41, 5.74) is 5.92. The molecular formula is C25H25NO3. The van der Waals surface area contributed by atoms with Gasteiger partial charge in [0, 0.05) is 18.7 Å². The van der Waals surface area contributed by atoms with E-state index in [0.29, 0.717) is 6.61 Å². The highest BCUT2D eigenvalue weighted by molar-refractivity contribution is 6.04. The topological polar surface area (TPSA) is 40.0 Å². The van der Waals surface area contributed by atoms with Crippen LogP contribution in [0.1, 0.15) is 22.3 Å². The third-order valence-corrected chi connectivity index (χ3v) is 5.14. The van der Waals surface area contributed by atoms with Crippen LogP contribution in [0.25, 0.3) is 0 Å². The lowest BCUT2D eigenvalue weighted by atomic mass is 9.93. The van der Waals surface area contributed by atoms with Crippen LogP contribution in [-0.2, 0) is 19.4 Å². The summed E-state index contributed by atoms with van der Waals surface area (Å²) in [7, 11) is 3.31. The van der Waals surface area contributed by atoms with Crippen LogP contribution in [0.4, 0.5) is 0 Å². The molecule has 0 radical (unpaired) electrons. The molecule has 148 valence electrons. The summed E-state index contributed by atoms with van der Waals surface area (Å²) in [6, 6.07) is 22.6. The second-order valence-electron chi connectivity index (χ2n) is 7.04. The third kappa shape index (κ3) is 4.43. The first-order chi connectivity index (χ1) is 14.3. The Bertz CT molecular complexity index is 1010. The highest BCUT2D eigenvalue weighted by Crippen LogP contribution is 2.29. The van der Waals surface area contributed by atoms with Crippen LogP contribution in [-0.4, -0.2) is 26.5 Å². The Balaban J connectivity index is 1.50. The first-order valence-electron chi connectivity index (χ1n) is 9.81. The van der Waals surface area contributed by atoms with Crippen molar-refractivity contribution in [1.29, 1.82) is 0 Å². The highest BCUT2D eigenvalue weighted by atomic mass is 16.5. The molecule has 0 N–H and O–H groups in total. The first-order valence-corrected chi connectivity index (χ1v) is 9.81. The second-order valence-corrected chi connectivity index (χ2v) is 7.04. The Labute approximate surface area is 171 Å². The molecule has 0 atom stereocenters. The smallest absolute Gasteiger partial charge is 0.160 e. The summed E-state index contributed by atoms with van der Waals surface area (Å²) >= 11 is 0. The minimum absolute atomic E-state index is 0.576. The predicted octanol–water partition coefficient (Wildman–Crippen LogP) is 4.87. The number of aliphatic imine (C=N–C) groups is 1. The van der Waals surface area contributed by atoms with Crippen molar-refractivity contribution >= 4 is 5.71 Å². The number of benzene rings is 3. The van der Waals surface area contributed by atoms with E-state index < -0.39 is 0 Å². The van der Waals surface area contributed by atoms with Gasteiger partial charge in [0.2, 0.25) is 0 Å². The number of methoxy groups -OCH3 is 2. The standard InChI is InChI=1S/C25H25NO3/c1-27-24-11-8-19(15-25(24)28-2)14-23-22-10-9-21(16-20(22)12-13-26-23)29-17-18-6-4-3-5-7-18/h3-11,15-16H,12-14,17H2,1-2H3. The van der Waals surface area contributed by atoms with Gasteiger partial charge in [-0.3, -0.25) is 4.99 Å². The van der Waals surface area contributed by atoms with Gasteiger partial charge in [-0.1, -0.05) is 36.4 Å². The summed E-state index contributed by atoms with van der Waals surface area (Å²) < 4.78 is 16.8. The Morgan fingerprint density at radius 2 is 1.66 bits per heavy atom. The summed E-state index contributed by atoms with van der Waals surface area (Å²) in [5.74, 6) is 2.38. The third-order valence-electron chi connectivity index (χ3n) is 5.14. The van der Waals surface area contributed by atoms with Crippen LogP contribution >= 0.6 is 0 Å². The molecule has 0 saturated heterocycles. The first kappa shape index (κ1) is 19.1. The molecule has 4 nitrogen and oxygen atoms in total. The van der Waals surface area contributed by atoms with Gasteiger partial charge >= 0.3 is 0 Å². The summed E-state index contributed by atoms with van der Waals surface area (Å²) in [6.45, 7) is 1.38. The number of hydrogen-bond donors (Lipinski definition) is 0. The summed E-state index contributed by atoms with van der Waals surface area (Å²) in [4.78, 5) is 4.79. The molecule has 0 aliphatic carbocycles. The molecule has 0 unspecified atom stereocenters. The van der Waals surface area contributed by atoms with Crippen molar-refractivity contribution in [3.05, 3.63) is 89.0 Å². The maximum Gasteiger partial charge on any atom is 0.160 e. The molecule has 0 fully saturated rings. The van der Waals surface area contributed by atoms with Crippen molar-refractivity contribution in [2.45, 2.75) is 19.4 Å². The largest absolute Gasteiger partial charge is 0.493 e. The lowest BCUT2D eigenvalue weighted by Crippen LogP contribution is -2.15. The Morgan fingerprint density at radius 1 is 0.828 bits per heavy atom. The Hall–Kier alpha value is -3.27. The van der Waals surface area contributed by atoms with Crippen molar-refractivity contribution in [1.82, 2.24) is 0 Å². The minimum Gasteiger partial charge on any atom is -0.493 e. The molecule has 0 saturated carbocycles. The Kier molecular flexibility index (Phi) is 5.80. The van der Waals surface area contributed by atoms with Crippen molar-refractivity contribution in [2.24, 2.45) is 4.99 Å². The number of ether oxygens (including phenoxy) is 3. The van der Waals surface area contributed by atoms with Gasteiger partial charge in [0.05, 0.1) is 14.2 Å². The fraction of sp³-hybridized carbons (Fsp3) is 0.240. The molecule has 1 heterocycles. The quantitative estimate of drug-likeness (QED) is 0.581. The SMILES string of the molecule is COc1ccc(CC2=NCCc3cc(OCc4ccccc4)ccc32)cc1OC. The summed E-state index contributed by atoms with van der Waals surface area (Å²) in [5, 5.41) is 0. The number of fused-ring (bicyclic) bond motifs is 1. The summed E-state index contributed by atoms with van der Waals surface area (Å²) in [6.07, 6.45) is 1.70. The van der Waals surface area contributed by atoms with Crippen molar-refractivity contribution < 1.29 is 14.2 Å². The Morgan fingerprint density at radius 3 is 2.45 bits per heavy atom. The molecule has 29 heavy (non-hydrogen) atoms.